The van der Waals surface area contributed by atoms with Gasteiger partial charge in [0.25, 0.3) is 0 Å². The van der Waals surface area contributed by atoms with Crippen LogP contribution >= 0.6 is 0 Å². The zero-order valence-corrected chi connectivity index (χ0v) is 36.2. The fourth-order valence-corrected chi connectivity index (χ4v) is 7.34. The third kappa shape index (κ3) is 40.3. The summed E-state index contributed by atoms with van der Waals surface area (Å²) in [6, 6.07) is -0.638. The Morgan fingerprint density at radius 1 is 0.500 bits per heavy atom. The van der Waals surface area contributed by atoms with Gasteiger partial charge in [0, 0.05) is 12.8 Å². The van der Waals surface area contributed by atoms with Crippen molar-refractivity contribution in [1.82, 2.24) is 5.32 Å². The van der Waals surface area contributed by atoms with Crippen LogP contribution in [0.1, 0.15) is 258 Å². The van der Waals surface area contributed by atoms with Crippen molar-refractivity contribution in [3.8, 4) is 0 Å². The van der Waals surface area contributed by atoms with Crippen LogP contribution in [0.15, 0.2) is 12.2 Å². The molecule has 2 unspecified atom stereocenters. The predicted octanol–water partition coefficient (Wildman–Crippen LogP) is 13.8. The highest BCUT2D eigenvalue weighted by Crippen LogP contribution is 2.16. The first-order valence-electron chi connectivity index (χ1n) is 24.0. The van der Waals surface area contributed by atoms with Crippen LogP contribution in [-0.4, -0.2) is 47.4 Å². The lowest BCUT2D eigenvalue weighted by atomic mass is 10.0. The molecule has 0 aliphatic heterocycles. The molecular formula is C48H93NO5. The highest BCUT2D eigenvalue weighted by molar-refractivity contribution is 5.76. The molecule has 0 aromatic rings. The van der Waals surface area contributed by atoms with Gasteiger partial charge in [0.05, 0.1) is 25.4 Å². The largest absolute Gasteiger partial charge is 0.466 e. The van der Waals surface area contributed by atoms with Crippen LogP contribution in [0.5, 0.6) is 0 Å². The molecule has 6 heteroatoms. The van der Waals surface area contributed by atoms with Crippen LogP contribution in [0, 0.1) is 0 Å². The van der Waals surface area contributed by atoms with Gasteiger partial charge in [0.1, 0.15) is 0 Å². The van der Waals surface area contributed by atoms with E-state index in [1.807, 2.05) is 6.08 Å². The van der Waals surface area contributed by atoms with E-state index in [4.69, 9.17) is 4.74 Å². The summed E-state index contributed by atoms with van der Waals surface area (Å²) in [6.45, 7) is 4.84. The number of ether oxygens (including phenoxy) is 1. The van der Waals surface area contributed by atoms with Crippen LogP contribution in [-0.2, 0) is 14.3 Å². The van der Waals surface area contributed by atoms with Crippen molar-refractivity contribution in [1.29, 1.82) is 0 Å². The Kier molecular flexibility index (Phi) is 43.2. The maximum atomic E-state index is 12.4. The van der Waals surface area contributed by atoms with Gasteiger partial charge >= 0.3 is 5.97 Å². The molecule has 0 aromatic carbocycles. The number of carbonyl (C=O) groups excluding carboxylic acids is 2. The molecule has 0 saturated carbocycles. The summed E-state index contributed by atoms with van der Waals surface area (Å²) in [5, 5.41) is 22.9. The molecule has 6 nitrogen and oxygen atoms in total. The first-order chi connectivity index (χ1) is 26.5. The summed E-state index contributed by atoms with van der Waals surface area (Å²) in [7, 11) is 0. The highest BCUT2D eigenvalue weighted by Gasteiger charge is 2.18. The van der Waals surface area contributed by atoms with Crippen molar-refractivity contribution in [2.75, 3.05) is 13.2 Å². The maximum absolute atomic E-state index is 12.4. The van der Waals surface area contributed by atoms with Gasteiger partial charge in [-0.1, -0.05) is 225 Å². The molecule has 0 bridgehead atoms. The average Bonchev–Trinajstić information content (AvgIpc) is 3.17. The van der Waals surface area contributed by atoms with E-state index < -0.39 is 12.1 Å². The molecule has 320 valence electrons. The number of rotatable bonds is 44. The molecule has 0 heterocycles. The minimum absolute atomic E-state index is 0.0126. The zero-order valence-electron chi connectivity index (χ0n) is 36.2. The first kappa shape index (κ1) is 52.6. The van der Waals surface area contributed by atoms with Crippen molar-refractivity contribution < 1.29 is 24.5 Å². The van der Waals surface area contributed by atoms with Gasteiger partial charge in [-0.15, -0.1) is 0 Å². The smallest absolute Gasteiger partial charge is 0.305 e. The van der Waals surface area contributed by atoms with Crippen LogP contribution < -0.4 is 5.32 Å². The molecule has 54 heavy (non-hydrogen) atoms. The second-order valence-corrected chi connectivity index (χ2v) is 16.5. The van der Waals surface area contributed by atoms with E-state index in [1.165, 1.54) is 173 Å². The first-order valence-corrected chi connectivity index (χ1v) is 24.0. The minimum atomic E-state index is -0.853. The number of esters is 1. The summed E-state index contributed by atoms with van der Waals surface area (Å²) in [5.74, 6) is -0.101. The van der Waals surface area contributed by atoms with Gasteiger partial charge in [0.2, 0.25) is 5.91 Å². The maximum Gasteiger partial charge on any atom is 0.305 e. The van der Waals surface area contributed by atoms with E-state index in [9.17, 15) is 19.8 Å². The summed E-state index contributed by atoms with van der Waals surface area (Å²) in [6.07, 6.45) is 49.2. The molecule has 0 saturated heterocycles. The Morgan fingerprint density at radius 3 is 1.26 bits per heavy atom. The van der Waals surface area contributed by atoms with Crippen LogP contribution in [0.3, 0.4) is 0 Å². The Hall–Kier alpha value is -1.40. The third-order valence-corrected chi connectivity index (χ3v) is 11.1. The molecule has 0 aliphatic rings. The SMILES string of the molecule is CCCCCCCCCC/C=C/C(O)C(CO)NC(=O)CCCCCCCCCCCCCOC(=O)CCCCCCCCCCCCCCCCCC. The molecule has 0 rings (SSSR count). The Bertz CT molecular complexity index is 802. The molecular weight excluding hydrogens is 671 g/mol. The summed E-state index contributed by atoms with van der Waals surface area (Å²) in [4.78, 5) is 24.4. The third-order valence-electron chi connectivity index (χ3n) is 11.1. The molecule has 0 spiro atoms. The summed E-state index contributed by atoms with van der Waals surface area (Å²) >= 11 is 0. The Labute approximate surface area is 336 Å². The summed E-state index contributed by atoms with van der Waals surface area (Å²) in [5.41, 5.74) is 0. The van der Waals surface area contributed by atoms with Gasteiger partial charge in [-0.05, 0) is 32.1 Å². The number of carbonyl (C=O) groups is 2. The van der Waals surface area contributed by atoms with Crippen molar-refractivity contribution in [2.24, 2.45) is 0 Å². The lowest BCUT2D eigenvalue weighted by Crippen LogP contribution is -2.45. The molecule has 0 aliphatic carbocycles. The molecule has 2 atom stereocenters. The van der Waals surface area contributed by atoms with E-state index in [1.54, 1.807) is 6.08 Å². The van der Waals surface area contributed by atoms with Gasteiger partial charge in [0.15, 0.2) is 0 Å². The minimum Gasteiger partial charge on any atom is -0.466 e. The quantitative estimate of drug-likeness (QED) is 0.0326. The number of hydrogen-bond acceptors (Lipinski definition) is 5. The van der Waals surface area contributed by atoms with Gasteiger partial charge in [-0.2, -0.15) is 0 Å². The van der Waals surface area contributed by atoms with E-state index in [-0.39, 0.29) is 18.5 Å². The average molecular weight is 764 g/mol. The van der Waals surface area contributed by atoms with Crippen molar-refractivity contribution >= 4 is 11.9 Å². The second-order valence-electron chi connectivity index (χ2n) is 16.5. The van der Waals surface area contributed by atoms with Gasteiger partial charge in [-0.3, -0.25) is 9.59 Å². The molecule has 3 N–H and O–H groups in total. The molecule has 0 radical (unpaired) electrons. The number of hydrogen-bond donors (Lipinski definition) is 3. The number of aliphatic hydroxyl groups is 2. The Balaban J connectivity index is 3.45. The highest BCUT2D eigenvalue weighted by atomic mass is 16.5. The number of allylic oxidation sites excluding steroid dienone is 1. The molecule has 0 fully saturated rings. The van der Waals surface area contributed by atoms with E-state index in [2.05, 4.69) is 19.2 Å². The van der Waals surface area contributed by atoms with Crippen molar-refractivity contribution in [2.45, 2.75) is 270 Å². The van der Waals surface area contributed by atoms with E-state index in [0.29, 0.717) is 19.4 Å². The Morgan fingerprint density at radius 2 is 0.852 bits per heavy atom. The van der Waals surface area contributed by atoms with Gasteiger partial charge in [-0.25, -0.2) is 0 Å². The van der Waals surface area contributed by atoms with Crippen LogP contribution in [0.25, 0.3) is 0 Å². The lowest BCUT2D eigenvalue weighted by Gasteiger charge is -2.20. The summed E-state index contributed by atoms with van der Waals surface area (Å²) < 4.78 is 5.46. The van der Waals surface area contributed by atoms with E-state index in [0.717, 1.165) is 57.8 Å². The van der Waals surface area contributed by atoms with Crippen molar-refractivity contribution in [3.05, 3.63) is 12.2 Å². The second kappa shape index (κ2) is 44.3. The zero-order chi connectivity index (χ0) is 39.4. The number of nitrogens with one attached hydrogen (secondary N) is 1. The molecule has 0 aromatic heterocycles. The van der Waals surface area contributed by atoms with E-state index >= 15 is 0 Å². The van der Waals surface area contributed by atoms with Gasteiger partial charge < -0.3 is 20.3 Å². The topological polar surface area (TPSA) is 95.9 Å². The molecule has 1 amide bonds. The monoisotopic (exact) mass is 764 g/mol. The number of amides is 1. The standard InChI is InChI=1S/C48H93NO5/c1-3-5-7-9-11-13-15-16-17-18-19-22-26-30-34-38-42-48(53)54-43-39-35-31-27-23-20-21-25-29-33-37-41-47(52)49-45(44-50)46(51)40-36-32-28-24-14-12-10-8-6-4-2/h36,40,45-46,50-51H,3-35,37-39,41-44H2,1-2H3,(H,49,52)/b40-36+. The van der Waals surface area contributed by atoms with Crippen molar-refractivity contribution in [3.63, 3.8) is 0 Å². The fraction of sp³-hybridized carbons (Fsp3) is 0.917. The lowest BCUT2D eigenvalue weighted by molar-refractivity contribution is -0.143. The number of unbranched alkanes of at least 4 members (excludes halogenated alkanes) is 33. The normalized spacial score (nSPS) is 12.7. The van der Waals surface area contributed by atoms with Crippen LogP contribution in [0.4, 0.5) is 0 Å². The predicted molar refractivity (Wildman–Crippen MR) is 232 cm³/mol. The number of aliphatic hydroxyl groups excluding tert-OH is 2. The fourth-order valence-electron chi connectivity index (χ4n) is 7.34. The van der Waals surface area contributed by atoms with Crippen LogP contribution in [0.2, 0.25) is 0 Å².